The smallest absolute Gasteiger partial charge is 0.242 e. The van der Waals surface area contributed by atoms with Crippen molar-refractivity contribution >= 4 is 5.91 Å². The zero-order chi connectivity index (χ0) is 16.1. The molecular weight excluding hydrogens is 278 g/mol. The van der Waals surface area contributed by atoms with E-state index in [-0.39, 0.29) is 18.4 Å². The number of hydrogen-bond donors (Lipinski definition) is 2. The molecule has 0 aliphatic heterocycles. The number of rotatable bonds is 6. The van der Waals surface area contributed by atoms with E-state index in [1.807, 2.05) is 55.7 Å². The average molecular weight is 301 g/mol. The first-order chi connectivity index (χ1) is 10.5. The monoisotopic (exact) mass is 301 g/mol. The van der Waals surface area contributed by atoms with Crippen molar-refractivity contribution in [2.75, 3.05) is 6.54 Å². The predicted molar refractivity (Wildman–Crippen MR) is 86.2 cm³/mol. The molecule has 0 saturated heterocycles. The van der Waals surface area contributed by atoms with Crippen LogP contribution in [0.1, 0.15) is 26.8 Å². The van der Waals surface area contributed by atoms with E-state index >= 15 is 0 Å². The summed E-state index contributed by atoms with van der Waals surface area (Å²) < 4.78 is 1.84. The van der Waals surface area contributed by atoms with Gasteiger partial charge in [0.25, 0.3) is 0 Å². The summed E-state index contributed by atoms with van der Waals surface area (Å²) in [5, 5.41) is 12.6. The Morgan fingerprint density at radius 1 is 1.27 bits per heavy atom. The van der Waals surface area contributed by atoms with Gasteiger partial charge in [0.15, 0.2) is 0 Å². The van der Waals surface area contributed by atoms with Gasteiger partial charge in [0.2, 0.25) is 5.91 Å². The molecule has 0 spiro atoms. The lowest BCUT2D eigenvalue weighted by molar-refractivity contribution is -0.124. The Labute approximate surface area is 131 Å². The second-order valence-electron chi connectivity index (χ2n) is 5.76. The quantitative estimate of drug-likeness (QED) is 0.860. The molecule has 1 heterocycles. The van der Waals surface area contributed by atoms with Gasteiger partial charge >= 0.3 is 0 Å². The second-order valence-corrected chi connectivity index (χ2v) is 5.76. The molecule has 2 atom stereocenters. The van der Waals surface area contributed by atoms with E-state index in [1.54, 1.807) is 12.4 Å². The largest absolute Gasteiger partial charge is 0.391 e. The number of hydrogen-bond acceptors (Lipinski definition) is 3. The number of benzene rings is 1. The maximum Gasteiger partial charge on any atom is 0.242 e. The molecule has 0 bridgehead atoms. The normalized spacial score (nSPS) is 13.9. The number of amides is 1. The van der Waals surface area contributed by atoms with Crippen LogP contribution in [-0.4, -0.2) is 33.2 Å². The van der Waals surface area contributed by atoms with Crippen molar-refractivity contribution in [3.8, 4) is 11.4 Å². The van der Waals surface area contributed by atoms with Gasteiger partial charge in [0.1, 0.15) is 11.9 Å². The molecule has 118 valence electrons. The lowest BCUT2D eigenvalue weighted by Crippen LogP contribution is -2.38. The van der Waals surface area contributed by atoms with Crippen molar-refractivity contribution in [2.24, 2.45) is 5.92 Å². The highest BCUT2D eigenvalue weighted by atomic mass is 16.3. The number of carbonyl (C=O) groups is 1. The summed E-state index contributed by atoms with van der Waals surface area (Å²) in [5.74, 6) is 0.742. The number of nitrogens with zero attached hydrogens (tertiary/aromatic N) is 2. The fraction of sp³-hybridized carbons (Fsp3) is 0.412. The van der Waals surface area contributed by atoms with Crippen LogP contribution in [0.15, 0.2) is 42.7 Å². The molecule has 2 N–H and O–H groups in total. The van der Waals surface area contributed by atoms with Crippen LogP contribution in [0.2, 0.25) is 0 Å². The number of carbonyl (C=O) groups excluding carboxylic acids is 1. The zero-order valence-corrected chi connectivity index (χ0v) is 13.2. The Morgan fingerprint density at radius 2 is 1.95 bits per heavy atom. The highest BCUT2D eigenvalue weighted by molar-refractivity contribution is 5.80. The Balaban J connectivity index is 2.09. The minimum atomic E-state index is -0.535. The van der Waals surface area contributed by atoms with Crippen LogP contribution < -0.4 is 5.32 Å². The molecule has 2 rings (SSSR count). The maximum absolute atomic E-state index is 12.3. The lowest BCUT2D eigenvalue weighted by atomic mass is 10.1. The van der Waals surface area contributed by atoms with E-state index in [1.165, 1.54) is 0 Å². The molecule has 0 aliphatic carbocycles. The standard InChI is InChI=1S/C17H23N3O2/c1-12(2)15(21)11-19-17(22)13(3)20-10-9-18-16(20)14-7-5-4-6-8-14/h4-10,12-13,15,21H,11H2,1-3H3,(H,19,22)/t13-,15+/m0/s1. The van der Waals surface area contributed by atoms with E-state index in [4.69, 9.17) is 0 Å². The van der Waals surface area contributed by atoms with E-state index in [2.05, 4.69) is 10.3 Å². The molecule has 1 aromatic carbocycles. The molecule has 2 aromatic rings. The molecule has 0 saturated carbocycles. The summed E-state index contributed by atoms with van der Waals surface area (Å²) in [5.41, 5.74) is 0.967. The van der Waals surface area contributed by atoms with Crippen LogP contribution in [0, 0.1) is 5.92 Å². The van der Waals surface area contributed by atoms with Gasteiger partial charge in [-0.2, -0.15) is 0 Å². The molecule has 0 unspecified atom stereocenters. The molecule has 22 heavy (non-hydrogen) atoms. The lowest BCUT2D eigenvalue weighted by Gasteiger charge is -2.19. The third kappa shape index (κ3) is 3.74. The summed E-state index contributed by atoms with van der Waals surface area (Å²) in [7, 11) is 0. The van der Waals surface area contributed by atoms with Crippen molar-refractivity contribution in [2.45, 2.75) is 32.9 Å². The summed E-state index contributed by atoms with van der Waals surface area (Å²) in [4.78, 5) is 16.6. The Hall–Kier alpha value is -2.14. The summed E-state index contributed by atoms with van der Waals surface area (Å²) in [6.45, 7) is 5.93. The predicted octanol–water partition coefficient (Wildman–Crippen LogP) is 2.24. The summed E-state index contributed by atoms with van der Waals surface area (Å²) in [6, 6.07) is 9.37. The van der Waals surface area contributed by atoms with Gasteiger partial charge in [-0.3, -0.25) is 4.79 Å². The summed E-state index contributed by atoms with van der Waals surface area (Å²) >= 11 is 0. The second kappa shape index (κ2) is 7.22. The van der Waals surface area contributed by atoms with Gasteiger partial charge in [0.05, 0.1) is 6.10 Å². The molecule has 1 amide bonds. The zero-order valence-electron chi connectivity index (χ0n) is 13.2. The first kappa shape index (κ1) is 16.2. The highest BCUT2D eigenvalue weighted by Crippen LogP contribution is 2.20. The molecule has 0 radical (unpaired) electrons. The first-order valence-electron chi connectivity index (χ1n) is 7.54. The number of imidazole rings is 1. The topological polar surface area (TPSA) is 67.2 Å². The van der Waals surface area contributed by atoms with Gasteiger partial charge in [-0.05, 0) is 12.8 Å². The highest BCUT2D eigenvalue weighted by Gasteiger charge is 2.19. The minimum Gasteiger partial charge on any atom is -0.391 e. The number of nitrogens with one attached hydrogen (secondary N) is 1. The number of aliphatic hydroxyl groups is 1. The van der Waals surface area contributed by atoms with Gasteiger partial charge in [0, 0.05) is 24.5 Å². The van der Waals surface area contributed by atoms with Gasteiger partial charge in [-0.1, -0.05) is 44.2 Å². The van der Waals surface area contributed by atoms with Crippen LogP contribution in [0.25, 0.3) is 11.4 Å². The third-order valence-electron chi connectivity index (χ3n) is 3.75. The van der Waals surface area contributed by atoms with Crippen molar-refractivity contribution in [3.63, 3.8) is 0 Å². The van der Waals surface area contributed by atoms with Gasteiger partial charge in [-0.15, -0.1) is 0 Å². The van der Waals surface area contributed by atoms with Crippen molar-refractivity contribution in [1.29, 1.82) is 0 Å². The number of aromatic nitrogens is 2. The first-order valence-corrected chi connectivity index (χ1v) is 7.54. The van der Waals surface area contributed by atoms with E-state index < -0.39 is 12.1 Å². The molecule has 1 aromatic heterocycles. The van der Waals surface area contributed by atoms with Crippen molar-refractivity contribution < 1.29 is 9.90 Å². The van der Waals surface area contributed by atoms with E-state index in [0.29, 0.717) is 0 Å². The minimum absolute atomic E-state index is 0.115. The van der Waals surface area contributed by atoms with E-state index in [9.17, 15) is 9.90 Å². The molecule has 5 nitrogen and oxygen atoms in total. The molecule has 0 aliphatic rings. The SMILES string of the molecule is CC(C)[C@H](O)CNC(=O)[C@H](C)n1ccnc1-c1ccccc1. The van der Waals surface area contributed by atoms with E-state index in [0.717, 1.165) is 11.4 Å². The Kier molecular flexibility index (Phi) is 5.33. The molecular formula is C17H23N3O2. The Bertz CT molecular complexity index is 607. The van der Waals surface area contributed by atoms with Crippen LogP contribution in [-0.2, 0) is 4.79 Å². The van der Waals surface area contributed by atoms with Crippen LogP contribution in [0.4, 0.5) is 0 Å². The molecule has 5 heteroatoms. The van der Waals surface area contributed by atoms with Gasteiger partial charge < -0.3 is 15.0 Å². The molecule has 0 fully saturated rings. The Morgan fingerprint density at radius 3 is 2.59 bits per heavy atom. The van der Waals surface area contributed by atoms with Crippen LogP contribution in [0.3, 0.4) is 0 Å². The fourth-order valence-corrected chi connectivity index (χ4v) is 2.15. The van der Waals surface area contributed by atoms with Crippen LogP contribution >= 0.6 is 0 Å². The fourth-order valence-electron chi connectivity index (χ4n) is 2.15. The van der Waals surface area contributed by atoms with Crippen molar-refractivity contribution in [1.82, 2.24) is 14.9 Å². The third-order valence-corrected chi connectivity index (χ3v) is 3.75. The maximum atomic E-state index is 12.3. The summed E-state index contributed by atoms with van der Waals surface area (Å²) in [6.07, 6.45) is 2.95. The van der Waals surface area contributed by atoms with Gasteiger partial charge in [-0.25, -0.2) is 4.98 Å². The number of aliphatic hydroxyl groups excluding tert-OH is 1. The average Bonchev–Trinajstić information content (AvgIpc) is 3.01. The van der Waals surface area contributed by atoms with Crippen LogP contribution in [0.5, 0.6) is 0 Å². The van der Waals surface area contributed by atoms with Crippen molar-refractivity contribution in [3.05, 3.63) is 42.7 Å².